The van der Waals surface area contributed by atoms with Gasteiger partial charge >= 0.3 is 5.97 Å². The Morgan fingerprint density at radius 3 is 2.95 bits per heavy atom. The minimum absolute atomic E-state index is 0.00987. The van der Waals surface area contributed by atoms with Crippen molar-refractivity contribution in [3.63, 3.8) is 0 Å². The number of carbonyl (C=O) groups is 2. The largest absolute Gasteiger partial charge is 0.477 e. The number of aromatic carboxylic acids is 1. The van der Waals surface area contributed by atoms with Crippen molar-refractivity contribution in [2.45, 2.75) is 19.0 Å². The molecule has 0 unspecified atom stereocenters. The van der Waals surface area contributed by atoms with Gasteiger partial charge in [-0.3, -0.25) is 4.79 Å². The highest BCUT2D eigenvalue weighted by Gasteiger charge is 2.31. The van der Waals surface area contributed by atoms with E-state index in [1.54, 1.807) is 19.4 Å². The molecule has 2 N–H and O–H groups in total. The number of aryl methyl sites for hydroxylation is 1. The van der Waals surface area contributed by atoms with E-state index in [2.05, 4.69) is 10.3 Å². The number of carboxylic acids is 1. The van der Waals surface area contributed by atoms with Crippen LogP contribution in [0, 0.1) is 6.92 Å². The van der Waals surface area contributed by atoms with E-state index in [-0.39, 0.29) is 22.9 Å². The zero-order valence-corrected chi connectivity index (χ0v) is 12.7. The van der Waals surface area contributed by atoms with Crippen molar-refractivity contribution in [2.24, 2.45) is 0 Å². The third kappa shape index (κ3) is 2.75. The summed E-state index contributed by atoms with van der Waals surface area (Å²) in [7, 11) is 0. The summed E-state index contributed by atoms with van der Waals surface area (Å²) in [5, 5.41) is 11.9. The molecule has 0 radical (unpaired) electrons. The summed E-state index contributed by atoms with van der Waals surface area (Å²) in [6, 6.07) is 1.23. The van der Waals surface area contributed by atoms with E-state index >= 15 is 0 Å². The average Bonchev–Trinajstić information content (AvgIpc) is 3.16. The Bertz CT molecular complexity index is 695. The van der Waals surface area contributed by atoms with Crippen molar-refractivity contribution in [3.05, 3.63) is 40.1 Å². The zero-order chi connectivity index (χ0) is 15.7. The second-order valence-electron chi connectivity index (χ2n) is 5.08. The van der Waals surface area contributed by atoms with E-state index in [9.17, 15) is 9.59 Å². The number of nitrogens with zero attached hydrogens (tertiary/aromatic N) is 2. The molecule has 22 heavy (non-hydrogen) atoms. The topological polar surface area (TPSA) is 93.5 Å². The molecule has 0 spiro atoms. The Hall–Kier alpha value is -2.19. The maximum atomic E-state index is 12.4. The number of hydrogen-bond acceptors (Lipinski definition) is 5. The molecule has 1 aliphatic rings. The van der Waals surface area contributed by atoms with Crippen LogP contribution < -0.4 is 5.32 Å². The normalized spacial score (nSPS) is 21.0. The van der Waals surface area contributed by atoms with Crippen molar-refractivity contribution in [2.75, 3.05) is 13.2 Å². The Morgan fingerprint density at radius 2 is 2.32 bits per heavy atom. The molecule has 1 fully saturated rings. The monoisotopic (exact) mass is 321 g/mol. The molecule has 3 heterocycles. The summed E-state index contributed by atoms with van der Waals surface area (Å²) < 4.78 is 7.35. The highest BCUT2D eigenvalue weighted by molar-refractivity contribution is 7.14. The quantitative estimate of drug-likeness (QED) is 0.886. The predicted molar refractivity (Wildman–Crippen MR) is 79.4 cm³/mol. The van der Waals surface area contributed by atoms with Crippen LogP contribution in [0.3, 0.4) is 0 Å². The van der Waals surface area contributed by atoms with Gasteiger partial charge in [-0.15, -0.1) is 11.3 Å². The van der Waals surface area contributed by atoms with Gasteiger partial charge in [0, 0.05) is 17.3 Å². The van der Waals surface area contributed by atoms with Crippen LogP contribution in [0.4, 0.5) is 0 Å². The first-order valence-corrected chi connectivity index (χ1v) is 7.57. The second-order valence-corrected chi connectivity index (χ2v) is 6.34. The molecule has 0 aliphatic carbocycles. The van der Waals surface area contributed by atoms with Gasteiger partial charge in [-0.05, 0) is 13.0 Å². The van der Waals surface area contributed by atoms with Gasteiger partial charge < -0.3 is 19.7 Å². The standard InChI is InChI=1S/C14H15N3O4S/c1-8-9(4-12(22-8)14(19)20)13(18)16-10-5-21-6-11(10)17-3-2-15-7-17/h2-4,7,10-11H,5-6H2,1H3,(H,16,18)(H,19,20)/t10-,11+/m1/s1. The number of carboxylic acid groups (broad SMARTS) is 1. The van der Waals surface area contributed by atoms with Crippen molar-refractivity contribution in [3.8, 4) is 0 Å². The Morgan fingerprint density at radius 1 is 1.50 bits per heavy atom. The highest BCUT2D eigenvalue weighted by atomic mass is 32.1. The van der Waals surface area contributed by atoms with Crippen LogP contribution >= 0.6 is 11.3 Å². The van der Waals surface area contributed by atoms with Crippen LogP contribution in [-0.4, -0.2) is 45.8 Å². The fourth-order valence-electron chi connectivity index (χ4n) is 2.50. The Balaban J connectivity index is 1.75. The van der Waals surface area contributed by atoms with Gasteiger partial charge in [0.2, 0.25) is 0 Å². The maximum Gasteiger partial charge on any atom is 0.345 e. The first-order chi connectivity index (χ1) is 10.6. The summed E-state index contributed by atoms with van der Waals surface area (Å²) in [5.74, 6) is -1.30. The van der Waals surface area contributed by atoms with Gasteiger partial charge in [0.05, 0.1) is 37.2 Å². The number of rotatable bonds is 4. The van der Waals surface area contributed by atoms with E-state index in [4.69, 9.17) is 9.84 Å². The van der Waals surface area contributed by atoms with Gasteiger partial charge in [-0.1, -0.05) is 0 Å². The molecule has 2 atom stereocenters. The molecule has 8 heteroatoms. The Labute approximate surface area is 130 Å². The molecular weight excluding hydrogens is 306 g/mol. The van der Waals surface area contributed by atoms with Crippen LogP contribution in [-0.2, 0) is 4.74 Å². The summed E-state index contributed by atoms with van der Waals surface area (Å²) in [6.45, 7) is 2.67. The molecule has 1 saturated heterocycles. The molecule has 116 valence electrons. The van der Waals surface area contributed by atoms with E-state index in [1.165, 1.54) is 6.07 Å². The van der Waals surface area contributed by atoms with Gasteiger partial charge in [0.15, 0.2) is 0 Å². The van der Waals surface area contributed by atoms with Gasteiger partial charge in [-0.2, -0.15) is 0 Å². The lowest BCUT2D eigenvalue weighted by atomic mass is 10.1. The minimum atomic E-state index is -1.02. The van der Waals surface area contributed by atoms with Crippen molar-refractivity contribution in [1.82, 2.24) is 14.9 Å². The fraction of sp³-hybridized carbons (Fsp3) is 0.357. The van der Waals surface area contributed by atoms with E-state index < -0.39 is 5.97 Å². The lowest BCUT2D eigenvalue weighted by Crippen LogP contribution is -2.40. The molecular formula is C14H15N3O4S. The lowest BCUT2D eigenvalue weighted by molar-refractivity contribution is 0.0702. The van der Waals surface area contributed by atoms with E-state index in [0.717, 1.165) is 11.3 Å². The predicted octanol–water partition coefficient (Wildman–Crippen LogP) is 1.32. The van der Waals surface area contributed by atoms with Crippen LogP contribution in [0.15, 0.2) is 24.8 Å². The number of nitrogens with one attached hydrogen (secondary N) is 1. The third-order valence-corrected chi connectivity index (χ3v) is 4.69. The summed E-state index contributed by atoms with van der Waals surface area (Å²) in [4.78, 5) is 28.2. The van der Waals surface area contributed by atoms with E-state index in [1.807, 2.05) is 10.8 Å². The van der Waals surface area contributed by atoms with Gasteiger partial charge in [-0.25, -0.2) is 9.78 Å². The average molecular weight is 321 g/mol. The molecule has 3 rings (SSSR count). The molecule has 1 aliphatic heterocycles. The third-order valence-electron chi connectivity index (χ3n) is 3.65. The van der Waals surface area contributed by atoms with Crippen LogP contribution in [0.1, 0.15) is 30.9 Å². The molecule has 0 aromatic carbocycles. The summed E-state index contributed by atoms with van der Waals surface area (Å²) in [5.41, 5.74) is 0.402. The van der Waals surface area contributed by atoms with Gasteiger partial charge in [0.25, 0.3) is 5.91 Å². The number of thiophene rings is 1. The van der Waals surface area contributed by atoms with Crippen LogP contribution in [0.5, 0.6) is 0 Å². The second kappa shape index (κ2) is 5.90. The smallest absolute Gasteiger partial charge is 0.345 e. The molecule has 7 nitrogen and oxygen atoms in total. The van der Waals surface area contributed by atoms with E-state index in [0.29, 0.717) is 23.7 Å². The zero-order valence-electron chi connectivity index (χ0n) is 11.9. The van der Waals surface area contributed by atoms with Crippen molar-refractivity contribution in [1.29, 1.82) is 0 Å². The van der Waals surface area contributed by atoms with Crippen LogP contribution in [0.2, 0.25) is 0 Å². The first kappa shape index (κ1) is 14.7. The van der Waals surface area contributed by atoms with Crippen LogP contribution in [0.25, 0.3) is 0 Å². The molecule has 1 amide bonds. The Kier molecular flexibility index (Phi) is 3.95. The van der Waals surface area contributed by atoms with Crippen molar-refractivity contribution >= 4 is 23.2 Å². The molecule has 0 bridgehead atoms. The number of imidazole rings is 1. The fourth-order valence-corrected chi connectivity index (χ4v) is 3.35. The molecule has 2 aromatic heterocycles. The summed E-state index contributed by atoms with van der Waals surface area (Å²) in [6.07, 6.45) is 5.20. The van der Waals surface area contributed by atoms with Gasteiger partial charge in [0.1, 0.15) is 4.88 Å². The minimum Gasteiger partial charge on any atom is -0.477 e. The maximum absolute atomic E-state index is 12.4. The SMILES string of the molecule is Cc1sc(C(=O)O)cc1C(=O)N[C@@H]1COC[C@@H]1n1ccnc1. The number of amides is 1. The molecule has 0 saturated carbocycles. The molecule has 2 aromatic rings. The highest BCUT2D eigenvalue weighted by Crippen LogP contribution is 2.24. The number of hydrogen-bond donors (Lipinski definition) is 2. The first-order valence-electron chi connectivity index (χ1n) is 6.76. The number of carbonyl (C=O) groups excluding carboxylic acids is 1. The number of aromatic nitrogens is 2. The lowest BCUT2D eigenvalue weighted by Gasteiger charge is -2.20. The number of ether oxygens (including phenoxy) is 1. The summed E-state index contributed by atoms with van der Waals surface area (Å²) >= 11 is 1.10. The van der Waals surface area contributed by atoms with Crippen molar-refractivity contribution < 1.29 is 19.4 Å².